The fourth-order valence-corrected chi connectivity index (χ4v) is 4.78. The minimum absolute atomic E-state index is 0.215. The van der Waals surface area contributed by atoms with E-state index < -0.39 is 15.8 Å². The molecule has 3 rings (SSSR count). The first-order valence-corrected chi connectivity index (χ1v) is 9.80. The third-order valence-electron chi connectivity index (χ3n) is 4.71. The second-order valence-corrected chi connectivity index (χ2v) is 8.21. The van der Waals surface area contributed by atoms with E-state index in [1.54, 1.807) is 6.07 Å². The van der Waals surface area contributed by atoms with Crippen LogP contribution in [0.2, 0.25) is 0 Å². The van der Waals surface area contributed by atoms with Crippen LogP contribution in [0, 0.1) is 11.7 Å². The molecule has 2 aromatic rings. The molecule has 0 spiro atoms. The van der Waals surface area contributed by atoms with Gasteiger partial charge in [0.05, 0.1) is 0 Å². The van der Waals surface area contributed by atoms with Crippen molar-refractivity contribution >= 4 is 10.0 Å². The lowest BCUT2D eigenvalue weighted by Gasteiger charge is -2.31. The molecular weight excluding hydrogens is 325 g/mol. The number of rotatable bonds is 5. The second kappa shape index (κ2) is 7.45. The molecule has 3 nitrogen and oxygen atoms in total. The van der Waals surface area contributed by atoms with Gasteiger partial charge < -0.3 is 0 Å². The van der Waals surface area contributed by atoms with Crippen molar-refractivity contribution in [1.29, 1.82) is 0 Å². The number of halogens is 1. The molecule has 0 bridgehead atoms. The molecule has 1 fully saturated rings. The zero-order chi connectivity index (χ0) is 17.0. The third kappa shape index (κ3) is 3.84. The van der Waals surface area contributed by atoms with Crippen molar-refractivity contribution < 1.29 is 12.8 Å². The summed E-state index contributed by atoms with van der Waals surface area (Å²) in [6.07, 6.45) is 3.75. The maximum absolute atomic E-state index is 13.8. The third-order valence-corrected chi connectivity index (χ3v) is 6.64. The summed E-state index contributed by atoms with van der Waals surface area (Å²) in [5.74, 6) is -0.152. The Morgan fingerprint density at radius 3 is 2.25 bits per heavy atom. The lowest BCUT2D eigenvalue weighted by atomic mass is 9.91. The molecule has 128 valence electrons. The van der Waals surface area contributed by atoms with Gasteiger partial charge in [0.15, 0.2) is 0 Å². The fourth-order valence-electron chi connectivity index (χ4n) is 3.25. The van der Waals surface area contributed by atoms with Gasteiger partial charge >= 0.3 is 0 Å². The van der Waals surface area contributed by atoms with Crippen molar-refractivity contribution in [2.45, 2.75) is 30.6 Å². The smallest absolute Gasteiger partial charge is 0.207 e. The number of aryl methyl sites for hydroxylation is 1. The summed E-state index contributed by atoms with van der Waals surface area (Å²) in [6.45, 7) is 0.937. The van der Waals surface area contributed by atoms with Gasteiger partial charge in [-0.3, -0.25) is 0 Å². The van der Waals surface area contributed by atoms with E-state index in [9.17, 15) is 12.8 Å². The Kier molecular flexibility index (Phi) is 5.31. The molecule has 0 aliphatic carbocycles. The Labute approximate surface area is 143 Å². The largest absolute Gasteiger partial charge is 0.245 e. The maximum Gasteiger partial charge on any atom is 0.245 e. The van der Waals surface area contributed by atoms with E-state index in [1.807, 2.05) is 18.2 Å². The predicted octanol–water partition coefficient (Wildman–Crippen LogP) is 3.86. The summed E-state index contributed by atoms with van der Waals surface area (Å²) < 4.78 is 40.4. The van der Waals surface area contributed by atoms with Crippen molar-refractivity contribution in [3.63, 3.8) is 0 Å². The van der Waals surface area contributed by atoms with E-state index in [0.717, 1.165) is 25.7 Å². The Morgan fingerprint density at radius 1 is 0.958 bits per heavy atom. The molecule has 5 heteroatoms. The maximum atomic E-state index is 13.8. The standard InChI is InChI=1S/C19H22FNO2S/c20-18-8-4-5-9-19(18)24(22,23)21-14-12-17(13-15-21)11-10-16-6-2-1-3-7-16/h1-9,17H,10-15H2. The molecule has 1 heterocycles. The Morgan fingerprint density at radius 2 is 1.58 bits per heavy atom. The van der Waals surface area contributed by atoms with E-state index >= 15 is 0 Å². The second-order valence-electron chi connectivity index (χ2n) is 6.30. The van der Waals surface area contributed by atoms with Crippen molar-refractivity contribution in [2.75, 3.05) is 13.1 Å². The van der Waals surface area contributed by atoms with Gasteiger partial charge in [-0.15, -0.1) is 0 Å². The highest BCUT2D eigenvalue weighted by Crippen LogP contribution is 2.27. The summed E-state index contributed by atoms with van der Waals surface area (Å²) in [5.41, 5.74) is 1.32. The van der Waals surface area contributed by atoms with Crippen LogP contribution >= 0.6 is 0 Å². The van der Waals surface area contributed by atoms with Crippen LogP contribution < -0.4 is 0 Å². The monoisotopic (exact) mass is 347 g/mol. The van der Waals surface area contributed by atoms with Crippen molar-refractivity contribution in [2.24, 2.45) is 5.92 Å². The van der Waals surface area contributed by atoms with E-state index in [1.165, 1.54) is 28.1 Å². The van der Waals surface area contributed by atoms with Crippen LogP contribution in [0.15, 0.2) is 59.5 Å². The molecule has 0 saturated carbocycles. The molecule has 0 aromatic heterocycles. The van der Waals surface area contributed by atoms with Crippen molar-refractivity contribution in [3.8, 4) is 0 Å². The number of piperidine rings is 1. The van der Waals surface area contributed by atoms with Crippen LogP contribution in [0.25, 0.3) is 0 Å². The summed E-state index contributed by atoms with van der Waals surface area (Å²) in [5, 5.41) is 0. The van der Waals surface area contributed by atoms with Crippen molar-refractivity contribution in [3.05, 3.63) is 66.0 Å². The fraction of sp³-hybridized carbons (Fsp3) is 0.368. The zero-order valence-electron chi connectivity index (χ0n) is 13.6. The van der Waals surface area contributed by atoms with Gasteiger partial charge in [0.1, 0.15) is 10.7 Å². The predicted molar refractivity (Wildman–Crippen MR) is 92.6 cm³/mol. The van der Waals surface area contributed by atoms with Crippen LogP contribution in [0.3, 0.4) is 0 Å². The van der Waals surface area contributed by atoms with Gasteiger partial charge in [-0.2, -0.15) is 4.31 Å². The van der Waals surface area contributed by atoms with Gasteiger partial charge in [0.25, 0.3) is 0 Å². The van der Waals surface area contributed by atoms with Gasteiger partial charge in [-0.25, -0.2) is 12.8 Å². The Balaban J connectivity index is 1.58. The lowest BCUT2D eigenvalue weighted by Crippen LogP contribution is -2.38. The molecule has 0 amide bonds. The summed E-state index contributed by atoms with van der Waals surface area (Å²) >= 11 is 0. The molecule has 1 saturated heterocycles. The quantitative estimate of drug-likeness (QED) is 0.824. The van der Waals surface area contributed by atoms with Crippen LogP contribution in [-0.2, 0) is 16.4 Å². The summed E-state index contributed by atoms with van der Waals surface area (Å²) in [4.78, 5) is -0.215. The molecule has 0 atom stereocenters. The first-order valence-electron chi connectivity index (χ1n) is 8.36. The number of hydrogen-bond donors (Lipinski definition) is 0. The first-order chi connectivity index (χ1) is 11.6. The topological polar surface area (TPSA) is 37.4 Å². The minimum atomic E-state index is -3.72. The van der Waals surface area contributed by atoms with E-state index in [2.05, 4.69) is 12.1 Å². The SMILES string of the molecule is O=S(=O)(c1ccccc1F)N1CCC(CCc2ccccc2)CC1. The van der Waals surface area contributed by atoms with Gasteiger partial charge in [0, 0.05) is 13.1 Å². The van der Waals surface area contributed by atoms with Crippen LogP contribution in [0.4, 0.5) is 4.39 Å². The van der Waals surface area contributed by atoms with Gasteiger partial charge in [-0.1, -0.05) is 42.5 Å². The normalized spacial score (nSPS) is 17.0. The molecule has 0 radical (unpaired) electrons. The minimum Gasteiger partial charge on any atom is -0.207 e. The number of sulfonamides is 1. The molecule has 24 heavy (non-hydrogen) atoms. The molecule has 1 aliphatic rings. The highest BCUT2D eigenvalue weighted by atomic mass is 32.2. The van der Waals surface area contributed by atoms with Gasteiger partial charge in [0.2, 0.25) is 10.0 Å². The van der Waals surface area contributed by atoms with Crippen LogP contribution in [-0.4, -0.2) is 25.8 Å². The zero-order valence-corrected chi connectivity index (χ0v) is 14.4. The Bertz CT molecular complexity index is 769. The summed E-state index contributed by atoms with van der Waals surface area (Å²) in [7, 11) is -3.72. The number of benzene rings is 2. The number of nitrogens with zero attached hydrogens (tertiary/aromatic N) is 1. The first kappa shape index (κ1) is 17.1. The van der Waals surface area contributed by atoms with Gasteiger partial charge in [-0.05, 0) is 49.3 Å². The molecular formula is C19H22FNO2S. The molecule has 0 N–H and O–H groups in total. The number of hydrogen-bond acceptors (Lipinski definition) is 2. The highest BCUT2D eigenvalue weighted by molar-refractivity contribution is 7.89. The van der Waals surface area contributed by atoms with Crippen LogP contribution in [0.1, 0.15) is 24.8 Å². The molecule has 2 aromatic carbocycles. The highest BCUT2D eigenvalue weighted by Gasteiger charge is 2.30. The van der Waals surface area contributed by atoms with Crippen molar-refractivity contribution in [1.82, 2.24) is 4.31 Å². The average Bonchev–Trinajstić information content (AvgIpc) is 2.61. The molecule has 1 aliphatic heterocycles. The Hall–Kier alpha value is -1.72. The van der Waals surface area contributed by atoms with E-state index in [0.29, 0.717) is 19.0 Å². The van der Waals surface area contributed by atoms with E-state index in [-0.39, 0.29) is 4.90 Å². The lowest BCUT2D eigenvalue weighted by molar-refractivity contribution is 0.263. The molecule has 0 unspecified atom stereocenters. The van der Waals surface area contributed by atoms with Crippen LogP contribution in [0.5, 0.6) is 0 Å². The van der Waals surface area contributed by atoms with E-state index in [4.69, 9.17) is 0 Å². The summed E-state index contributed by atoms with van der Waals surface area (Å²) in [6, 6.07) is 15.9. The average molecular weight is 347 g/mol.